The summed E-state index contributed by atoms with van der Waals surface area (Å²) in [5.41, 5.74) is -0.597. The van der Waals surface area contributed by atoms with Gasteiger partial charge >= 0.3 is 0 Å². The molecule has 0 spiro atoms. The third-order valence-corrected chi connectivity index (χ3v) is 2.82. The molecule has 0 bridgehead atoms. The molecule has 82 valence electrons. The van der Waals surface area contributed by atoms with Gasteiger partial charge in [-0.1, -0.05) is 20.8 Å². The lowest BCUT2D eigenvalue weighted by atomic mass is 9.92. The molecule has 0 saturated carbocycles. The zero-order chi connectivity index (χ0) is 11.6. The maximum Gasteiger partial charge on any atom is 0.235 e. The van der Waals surface area contributed by atoms with E-state index in [1.165, 1.54) is 4.90 Å². The van der Waals surface area contributed by atoms with Gasteiger partial charge in [0.2, 0.25) is 11.8 Å². The molecule has 2 amide bonds. The number of nitriles is 1. The van der Waals surface area contributed by atoms with Crippen LogP contribution in [-0.2, 0) is 9.59 Å². The van der Waals surface area contributed by atoms with Crippen molar-refractivity contribution in [2.75, 3.05) is 0 Å². The lowest BCUT2D eigenvalue weighted by Gasteiger charge is -2.24. The van der Waals surface area contributed by atoms with Gasteiger partial charge in [-0.25, -0.2) is 0 Å². The molecule has 0 aromatic carbocycles. The van der Waals surface area contributed by atoms with E-state index < -0.39 is 5.41 Å². The van der Waals surface area contributed by atoms with Crippen molar-refractivity contribution in [1.82, 2.24) is 4.90 Å². The molecule has 0 aromatic rings. The van der Waals surface area contributed by atoms with Gasteiger partial charge in [-0.15, -0.1) is 0 Å². The van der Waals surface area contributed by atoms with Crippen molar-refractivity contribution in [1.29, 1.82) is 5.26 Å². The van der Waals surface area contributed by atoms with Gasteiger partial charge in [-0.2, -0.15) is 5.26 Å². The second-order valence-electron chi connectivity index (χ2n) is 4.55. The number of amides is 2. The number of carbonyl (C=O) groups is 2. The first kappa shape index (κ1) is 11.7. The van der Waals surface area contributed by atoms with Crippen molar-refractivity contribution in [2.45, 2.75) is 46.1 Å². The Morgan fingerprint density at radius 2 is 2.13 bits per heavy atom. The molecule has 4 heteroatoms. The van der Waals surface area contributed by atoms with E-state index in [1.54, 1.807) is 13.8 Å². The van der Waals surface area contributed by atoms with Crippen LogP contribution in [0.1, 0.15) is 40.0 Å². The molecule has 0 aliphatic carbocycles. The fraction of sp³-hybridized carbons (Fsp3) is 0.727. The maximum atomic E-state index is 11.9. The third-order valence-electron chi connectivity index (χ3n) is 2.82. The topological polar surface area (TPSA) is 61.2 Å². The van der Waals surface area contributed by atoms with Crippen molar-refractivity contribution in [2.24, 2.45) is 5.41 Å². The molecule has 1 fully saturated rings. The van der Waals surface area contributed by atoms with Crippen molar-refractivity contribution in [3.05, 3.63) is 0 Å². The second kappa shape index (κ2) is 4.01. The highest BCUT2D eigenvalue weighted by molar-refractivity contribution is 6.05. The Labute approximate surface area is 89.9 Å². The van der Waals surface area contributed by atoms with Crippen LogP contribution in [0.4, 0.5) is 0 Å². The highest BCUT2D eigenvalue weighted by Gasteiger charge is 2.46. The Morgan fingerprint density at radius 1 is 1.53 bits per heavy atom. The standard InChI is InChI=1S/C11H16N2O2/c1-4-8(5-6-12)13-9(14)7-11(2,3)10(13)15/h8H,4-5,7H2,1-3H3. The molecular formula is C11H16N2O2. The lowest BCUT2D eigenvalue weighted by Crippen LogP contribution is -2.41. The molecule has 1 rings (SSSR count). The minimum atomic E-state index is -0.597. The molecule has 0 radical (unpaired) electrons. The van der Waals surface area contributed by atoms with Crippen LogP contribution < -0.4 is 0 Å². The van der Waals surface area contributed by atoms with Gasteiger partial charge < -0.3 is 0 Å². The number of imide groups is 1. The predicted molar refractivity (Wildman–Crippen MR) is 54.6 cm³/mol. The van der Waals surface area contributed by atoms with E-state index in [-0.39, 0.29) is 30.7 Å². The summed E-state index contributed by atoms with van der Waals surface area (Å²) in [6.07, 6.45) is 1.12. The number of likely N-dealkylation sites (tertiary alicyclic amines) is 1. The fourth-order valence-electron chi connectivity index (χ4n) is 1.87. The average Bonchev–Trinajstić information content (AvgIpc) is 2.34. The fourth-order valence-corrected chi connectivity index (χ4v) is 1.87. The third kappa shape index (κ3) is 2.01. The number of hydrogen-bond donors (Lipinski definition) is 0. The van der Waals surface area contributed by atoms with Crippen molar-refractivity contribution < 1.29 is 9.59 Å². The monoisotopic (exact) mass is 208 g/mol. The summed E-state index contributed by atoms with van der Waals surface area (Å²) in [6.45, 7) is 5.42. The van der Waals surface area contributed by atoms with Gasteiger partial charge in [-0.3, -0.25) is 14.5 Å². The van der Waals surface area contributed by atoms with Crippen LogP contribution in [0.5, 0.6) is 0 Å². The summed E-state index contributed by atoms with van der Waals surface area (Å²) in [4.78, 5) is 24.9. The van der Waals surface area contributed by atoms with Gasteiger partial charge in [-0.05, 0) is 6.42 Å². The molecule has 1 unspecified atom stereocenters. The zero-order valence-corrected chi connectivity index (χ0v) is 9.41. The van der Waals surface area contributed by atoms with Crippen LogP contribution >= 0.6 is 0 Å². The first-order valence-corrected chi connectivity index (χ1v) is 5.17. The maximum absolute atomic E-state index is 11.9. The smallest absolute Gasteiger partial charge is 0.235 e. The molecule has 1 saturated heterocycles. The summed E-state index contributed by atoms with van der Waals surface area (Å²) >= 11 is 0. The Hall–Kier alpha value is -1.37. The quantitative estimate of drug-likeness (QED) is 0.660. The highest BCUT2D eigenvalue weighted by atomic mass is 16.2. The number of nitrogens with zero attached hydrogens (tertiary/aromatic N) is 2. The second-order valence-corrected chi connectivity index (χ2v) is 4.55. The van der Waals surface area contributed by atoms with Crippen LogP contribution in [0.3, 0.4) is 0 Å². The SMILES string of the molecule is CCC(CC#N)N1C(=O)CC(C)(C)C1=O. The molecule has 1 atom stereocenters. The first-order valence-electron chi connectivity index (χ1n) is 5.17. The Morgan fingerprint density at radius 3 is 2.47 bits per heavy atom. The Kier molecular flexibility index (Phi) is 3.13. The van der Waals surface area contributed by atoms with Crippen LogP contribution in [-0.4, -0.2) is 22.8 Å². The molecule has 0 N–H and O–H groups in total. The van der Waals surface area contributed by atoms with E-state index in [9.17, 15) is 9.59 Å². The van der Waals surface area contributed by atoms with Crippen LogP contribution in [0.25, 0.3) is 0 Å². The van der Waals surface area contributed by atoms with Gasteiger partial charge in [0.05, 0.1) is 23.9 Å². The molecule has 1 aliphatic heterocycles. The summed E-state index contributed by atoms with van der Waals surface area (Å²) in [5.74, 6) is -0.290. The average molecular weight is 208 g/mol. The van der Waals surface area contributed by atoms with E-state index in [4.69, 9.17) is 5.26 Å². The van der Waals surface area contributed by atoms with Gasteiger partial charge in [0.1, 0.15) is 0 Å². The van der Waals surface area contributed by atoms with Crippen LogP contribution in [0.2, 0.25) is 0 Å². The minimum absolute atomic E-state index is 0.144. The van der Waals surface area contributed by atoms with Gasteiger partial charge in [0, 0.05) is 6.42 Å². The number of carbonyl (C=O) groups excluding carboxylic acids is 2. The minimum Gasteiger partial charge on any atom is -0.278 e. The molecular weight excluding hydrogens is 192 g/mol. The molecule has 4 nitrogen and oxygen atoms in total. The summed E-state index contributed by atoms with van der Waals surface area (Å²) in [5, 5.41) is 8.63. The molecule has 1 aliphatic rings. The Balaban J connectivity index is 2.91. The zero-order valence-electron chi connectivity index (χ0n) is 9.41. The molecule has 15 heavy (non-hydrogen) atoms. The summed E-state index contributed by atoms with van der Waals surface area (Å²) in [7, 11) is 0. The van der Waals surface area contributed by atoms with E-state index >= 15 is 0 Å². The van der Waals surface area contributed by atoms with E-state index in [2.05, 4.69) is 0 Å². The van der Waals surface area contributed by atoms with Crippen molar-refractivity contribution >= 4 is 11.8 Å². The number of rotatable bonds is 3. The van der Waals surface area contributed by atoms with Crippen molar-refractivity contribution in [3.8, 4) is 6.07 Å². The Bertz CT molecular complexity index is 328. The first-order chi connectivity index (χ1) is 6.94. The van der Waals surface area contributed by atoms with E-state index in [1.807, 2.05) is 13.0 Å². The molecule has 0 aromatic heterocycles. The molecule has 1 heterocycles. The van der Waals surface area contributed by atoms with Crippen LogP contribution in [0.15, 0.2) is 0 Å². The van der Waals surface area contributed by atoms with Gasteiger partial charge in [0.25, 0.3) is 0 Å². The summed E-state index contributed by atoms with van der Waals surface area (Å²) in [6, 6.07) is 1.76. The van der Waals surface area contributed by atoms with Crippen LogP contribution in [0, 0.1) is 16.7 Å². The predicted octanol–water partition coefficient (Wildman–Crippen LogP) is 1.46. The number of hydrogen-bond acceptors (Lipinski definition) is 3. The summed E-state index contributed by atoms with van der Waals surface area (Å²) < 4.78 is 0. The van der Waals surface area contributed by atoms with Crippen molar-refractivity contribution in [3.63, 3.8) is 0 Å². The largest absolute Gasteiger partial charge is 0.278 e. The van der Waals surface area contributed by atoms with E-state index in [0.717, 1.165) is 0 Å². The lowest BCUT2D eigenvalue weighted by molar-refractivity contribution is -0.143. The normalized spacial score (nSPS) is 21.6. The van der Waals surface area contributed by atoms with Gasteiger partial charge in [0.15, 0.2) is 0 Å². The highest BCUT2D eigenvalue weighted by Crippen LogP contribution is 2.33. The van der Waals surface area contributed by atoms with E-state index in [0.29, 0.717) is 6.42 Å².